The molecule has 92 valence electrons. The predicted molar refractivity (Wildman–Crippen MR) is 67.2 cm³/mol. The van der Waals surface area contributed by atoms with Gasteiger partial charge in [0, 0.05) is 12.6 Å². The Kier molecular flexibility index (Phi) is 7.20. The van der Waals surface area contributed by atoms with Crippen molar-refractivity contribution in [1.29, 1.82) is 0 Å². The molecule has 0 bridgehead atoms. The predicted octanol–water partition coefficient (Wildman–Crippen LogP) is 3.02. The topological polar surface area (TPSA) is 12.5 Å². The molecule has 0 spiro atoms. The molecule has 0 rings (SSSR count). The largest absolute Gasteiger partial charge is 0.377 e. The van der Waals surface area contributed by atoms with Gasteiger partial charge in [0.25, 0.3) is 0 Å². The van der Waals surface area contributed by atoms with Gasteiger partial charge in [0.05, 0.1) is 6.10 Å². The zero-order valence-corrected chi connectivity index (χ0v) is 11.6. The van der Waals surface area contributed by atoms with E-state index in [0.29, 0.717) is 18.1 Å². The van der Waals surface area contributed by atoms with Crippen molar-refractivity contribution in [3.8, 4) is 0 Å². The highest BCUT2D eigenvalue weighted by molar-refractivity contribution is 4.75. The van der Waals surface area contributed by atoms with Crippen LogP contribution in [-0.4, -0.2) is 37.7 Å². The smallest absolute Gasteiger partial charge is 0.0702 e. The van der Waals surface area contributed by atoms with Gasteiger partial charge in [0.1, 0.15) is 0 Å². The first-order valence-corrected chi connectivity index (χ1v) is 6.12. The number of rotatable bonds is 7. The van der Waals surface area contributed by atoms with Crippen molar-refractivity contribution in [3.63, 3.8) is 0 Å². The van der Waals surface area contributed by atoms with Crippen LogP contribution in [0.1, 0.15) is 41.0 Å². The fourth-order valence-corrected chi connectivity index (χ4v) is 1.76. The molecule has 0 saturated heterocycles. The molecule has 0 aliphatic heterocycles. The molecule has 0 N–H and O–H groups in total. The van der Waals surface area contributed by atoms with Crippen LogP contribution in [0.4, 0.5) is 0 Å². The van der Waals surface area contributed by atoms with Gasteiger partial charge in [-0.05, 0) is 39.3 Å². The van der Waals surface area contributed by atoms with Gasteiger partial charge in [-0.15, -0.1) is 0 Å². The Bertz CT molecular complexity index is 155. The molecule has 0 aromatic heterocycles. The molecule has 15 heavy (non-hydrogen) atoms. The van der Waals surface area contributed by atoms with Gasteiger partial charge < -0.3 is 9.64 Å². The first-order valence-electron chi connectivity index (χ1n) is 6.12. The van der Waals surface area contributed by atoms with Crippen LogP contribution in [0.25, 0.3) is 0 Å². The van der Waals surface area contributed by atoms with Crippen LogP contribution in [0, 0.1) is 11.8 Å². The Morgan fingerprint density at radius 1 is 0.933 bits per heavy atom. The third kappa shape index (κ3) is 6.91. The SMILES string of the molecule is CC(C)COC(C)C(CC(C)C)N(C)C. The van der Waals surface area contributed by atoms with Crippen LogP contribution >= 0.6 is 0 Å². The van der Waals surface area contributed by atoms with Gasteiger partial charge in [0.2, 0.25) is 0 Å². The molecular weight excluding hydrogens is 186 g/mol. The van der Waals surface area contributed by atoms with Crippen LogP contribution < -0.4 is 0 Å². The lowest BCUT2D eigenvalue weighted by Gasteiger charge is -2.31. The molecule has 0 fully saturated rings. The van der Waals surface area contributed by atoms with Crippen molar-refractivity contribution in [2.45, 2.75) is 53.2 Å². The molecule has 0 radical (unpaired) electrons. The second-order valence-electron chi connectivity index (χ2n) is 5.59. The monoisotopic (exact) mass is 215 g/mol. The molecule has 0 heterocycles. The minimum absolute atomic E-state index is 0.324. The fourth-order valence-electron chi connectivity index (χ4n) is 1.76. The Hall–Kier alpha value is -0.0800. The average Bonchev–Trinajstić information content (AvgIpc) is 2.09. The van der Waals surface area contributed by atoms with Crippen molar-refractivity contribution in [1.82, 2.24) is 4.90 Å². The first-order chi connectivity index (χ1) is 6.84. The van der Waals surface area contributed by atoms with Crippen molar-refractivity contribution in [2.75, 3.05) is 20.7 Å². The maximum atomic E-state index is 5.89. The van der Waals surface area contributed by atoms with Gasteiger partial charge >= 0.3 is 0 Å². The average molecular weight is 215 g/mol. The van der Waals surface area contributed by atoms with E-state index in [-0.39, 0.29) is 0 Å². The number of hydrogen-bond donors (Lipinski definition) is 0. The summed E-state index contributed by atoms with van der Waals surface area (Å²) in [6.45, 7) is 12.0. The molecule has 2 heteroatoms. The van der Waals surface area contributed by atoms with E-state index in [1.165, 1.54) is 6.42 Å². The summed E-state index contributed by atoms with van der Waals surface area (Å²) in [6.07, 6.45) is 1.52. The van der Waals surface area contributed by atoms with Crippen LogP contribution in [-0.2, 0) is 4.74 Å². The van der Waals surface area contributed by atoms with Gasteiger partial charge in [-0.3, -0.25) is 0 Å². The van der Waals surface area contributed by atoms with E-state index in [1.807, 2.05) is 0 Å². The lowest BCUT2D eigenvalue weighted by molar-refractivity contribution is -0.00809. The molecule has 0 aliphatic rings. The second kappa shape index (κ2) is 7.24. The molecular formula is C13H29NO. The highest BCUT2D eigenvalue weighted by atomic mass is 16.5. The van der Waals surface area contributed by atoms with E-state index in [4.69, 9.17) is 4.74 Å². The maximum Gasteiger partial charge on any atom is 0.0702 e. The van der Waals surface area contributed by atoms with Crippen LogP contribution in [0.3, 0.4) is 0 Å². The van der Waals surface area contributed by atoms with Crippen molar-refractivity contribution < 1.29 is 4.74 Å². The highest BCUT2D eigenvalue weighted by Crippen LogP contribution is 2.15. The van der Waals surface area contributed by atoms with Gasteiger partial charge in [-0.2, -0.15) is 0 Å². The Morgan fingerprint density at radius 2 is 1.47 bits per heavy atom. The third-order valence-corrected chi connectivity index (χ3v) is 2.61. The second-order valence-corrected chi connectivity index (χ2v) is 5.59. The summed E-state index contributed by atoms with van der Waals surface area (Å²) < 4.78 is 5.89. The summed E-state index contributed by atoms with van der Waals surface area (Å²) in [7, 11) is 4.28. The van der Waals surface area contributed by atoms with Gasteiger partial charge in [0.15, 0.2) is 0 Å². The highest BCUT2D eigenvalue weighted by Gasteiger charge is 2.21. The molecule has 0 amide bonds. The number of hydrogen-bond acceptors (Lipinski definition) is 2. The summed E-state index contributed by atoms with van der Waals surface area (Å²) in [5, 5.41) is 0. The van der Waals surface area contributed by atoms with Gasteiger partial charge in [-0.25, -0.2) is 0 Å². The van der Waals surface area contributed by atoms with Crippen LogP contribution in [0.2, 0.25) is 0 Å². The molecule has 2 atom stereocenters. The molecule has 2 unspecified atom stereocenters. The van der Waals surface area contributed by atoms with Crippen LogP contribution in [0.5, 0.6) is 0 Å². The standard InChI is InChI=1S/C13H29NO/c1-10(2)8-13(14(6)7)12(5)15-9-11(3)4/h10-13H,8-9H2,1-7H3. The summed E-state index contributed by atoms with van der Waals surface area (Å²) in [4.78, 5) is 2.28. The normalized spacial score (nSPS) is 16.4. The fraction of sp³-hybridized carbons (Fsp3) is 1.00. The molecule has 0 aromatic carbocycles. The van der Waals surface area contributed by atoms with Crippen molar-refractivity contribution in [2.24, 2.45) is 11.8 Å². The van der Waals surface area contributed by atoms with E-state index in [2.05, 4.69) is 53.6 Å². The summed E-state index contributed by atoms with van der Waals surface area (Å²) in [5.41, 5.74) is 0. The maximum absolute atomic E-state index is 5.89. The third-order valence-electron chi connectivity index (χ3n) is 2.61. The van der Waals surface area contributed by atoms with Crippen molar-refractivity contribution in [3.05, 3.63) is 0 Å². The minimum atomic E-state index is 0.324. The summed E-state index contributed by atoms with van der Waals surface area (Å²) >= 11 is 0. The van der Waals surface area contributed by atoms with Gasteiger partial charge in [-0.1, -0.05) is 27.7 Å². The summed E-state index contributed by atoms with van der Waals surface area (Å²) in [5.74, 6) is 1.34. The summed E-state index contributed by atoms with van der Waals surface area (Å²) in [6, 6.07) is 0.531. The Morgan fingerprint density at radius 3 is 1.80 bits per heavy atom. The van der Waals surface area contributed by atoms with E-state index in [0.717, 1.165) is 12.5 Å². The Balaban J connectivity index is 4.10. The van der Waals surface area contributed by atoms with E-state index in [1.54, 1.807) is 0 Å². The quantitative estimate of drug-likeness (QED) is 0.647. The molecule has 0 aromatic rings. The number of likely N-dealkylation sites (N-methyl/N-ethyl adjacent to an activating group) is 1. The number of ether oxygens (including phenoxy) is 1. The lowest BCUT2D eigenvalue weighted by Crippen LogP contribution is -2.40. The van der Waals surface area contributed by atoms with E-state index < -0.39 is 0 Å². The zero-order chi connectivity index (χ0) is 12.0. The van der Waals surface area contributed by atoms with E-state index >= 15 is 0 Å². The van der Waals surface area contributed by atoms with E-state index in [9.17, 15) is 0 Å². The zero-order valence-electron chi connectivity index (χ0n) is 11.6. The van der Waals surface area contributed by atoms with Crippen LogP contribution in [0.15, 0.2) is 0 Å². The molecule has 0 saturated carbocycles. The molecule has 2 nitrogen and oxygen atoms in total. The molecule has 0 aliphatic carbocycles. The first kappa shape index (κ1) is 14.9. The Labute approximate surface area is 96.0 Å². The minimum Gasteiger partial charge on any atom is -0.377 e. The van der Waals surface area contributed by atoms with Crippen molar-refractivity contribution >= 4 is 0 Å². The number of nitrogens with zero attached hydrogens (tertiary/aromatic N) is 1. The lowest BCUT2D eigenvalue weighted by atomic mass is 9.99.